The van der Waals surface area contributed by atoms with Gasteiger partial charge in [0.15, 0.2) is 35.2 Å². The lowest BCUT2D eigenvalue weighted by molar-refractivity contribution is 0.101. The Bertz CT molecular complexity index is 7130. The van der Waals surface area contributed by atoms with Gasteiger partial charge >= 0.3 is 0 Å². The molecule has 1 saturated heterocycles. The predicted molar refractivity (Wildman–Crippen MR) is 597 cm³/mol. The number of carbonyl (C=O) groups excluding carboxylic acids is 1. The van der Waals surface area contributed by atoms with Crippen LogP contribution in [-0.2, 0) is 32.7 Å². The van der Waals surface area contributed by atoms with Crippen LogP contribution in [0.25, 0.3) is 97.0 Å². The Kier molecular flexibility index (Phi) is 30.9. The highest BCUT2D eigenvalue weighted by Crippen LogP contribution is 2.49. The lowest BCUT2D eigenvalue weighted by Crippen LogP contribution is -2.25. The number of carbonyl (C=O) groups is 1. The Hall–Kier alpha value is -11.8. The molecule has 0 radical (unpaired) electrons. The largest absolute Gasteiger partial charge is 0.493 e. The summed E-state index contributed by atoms with van der Waals surface area (Å²) in [6.07, 6.45) is 37.4. The molecule has 0 bridgehead atoms. The molecular formula is C132H135O5S3+3. The molecule has 1 heterocycles. The number of ketones is 1. The van der Waals surface area contributed by atoms with E-state index in [4.69, 9.17) is 18.9 Å². The third-order valence-corrected chi connectivity index (χ3v) is 38.8. The number of rotatable bonds is 25. The van der Waals surface area contributed by atoms with Gasteiger partial charge < -0.3 is 18.9 Å². The molecule has 0 N–H and O–H groups in total. The van der Waals surface area contributed by atoms with Crippen molar-refractivity contribution in [3.8, 4) is 23.0 Å². The van der Waals surface area contributed by atoms with E-state index in [1.165, 1.54) is 316 Å². The topological polar surface area (TPSA) is 54.0 Å². The molecule has 0 spiro atoms. The molecular weight excluding hydrogens is 1760 g/mol. The zero-order chi connectivity index (χ0) is 94.1. The van der Waals surface area contributed by atoms with Crippen LogP contribution in [-0.4, -0.2) is 49.0 Å². The van der Waals surface area contributed by atoms with Gasteiger partial charge in [0.25, 0.3) is 0 Å². The zero-order valence-corrected chi connectivity index (χ0v) is 84.2. The van der Waals surface area contributed by atoms with Gasteiger partial charge in [-0.05, 0) is 263 Å². The fourth-order valence-corrected chi connectivity index (χ4v) is 31.7. The van der Waals surface area contributed by atoms with Crippen LogP contribution in [0.2, 0.25) is 0 Å². The van der Waals surface area contributed by atoms with Crippen LogP contribution in [0.4, 0.5) is 0 Å². The van der Waals surface area contributed by atoms with Crippen LogP contribution < -0.4 is 18.9 Å². The van der Waals surface area contributed by atoms with Crippen LogP contribution in [0.1, 0.15) is 220 Å². The quantitative estimate of drug-likeness (QED) is 0.0324. The van der Waals surface area contributed by atoms with Gasteiger partial charge in [0.2, 0.25) is 0 Å². The molecule has 0 aromatic heterocycles. The van der Waals surface area contributed by atoms with Crippen LogP contribution in [0.5, 0.6) is 23.0 Å². The molecule has 1 aliphatic heterocycles. The van der Waals surface area contributed by atoms with Gasteiger partial charge in [-0.25, -0.2) is 0 Å². The molecule has 6 fully saturated rings. The van der Waals surface area contributed by atoms with E-state index in [2.05, 4.69) is 352 Å². The van der Waals surface area contributed by atoms with Crippen molar-refractivity contribution < 1.29 is 23.7 Å². The van der Waals surface area contributed by atoms with Crippen LogP contribution in [0.15, 0.2) is 381 Å². The Morgan fingerprint density at radius 1 is 0.286 bits per heavy atom. The van der Waals surface area contributed by atoms with E-state index in [0.29, 0.717) is 11.2 Å². The van der Waals surface area contributed by atoms with Gasteiger partial charge in [-0.15, -0.1) is 0 Å². The Balaban J connectivity index is 0.000000112. The van der Waals surface area contributed by atoms with Crippen LogP contribution in [0.3, 0.4) is 0 Å². The first-order chi connectivity index (χ1) is 69.3. The molecule has 0 amide bonds. The second kappa shape index (κ2) is 45.9. The molecule has 8 heteroatoms. The van der Waals surface area contributed by atoms with E-state index in [1.807, 2.05) is 0 Å². The standard InChI is InChI=1S/C38H35OS.C38H34O.C33H37OS.C23H29O2S/c1-2-10-28(11-3-1)24-25-39-37-22-23-38(36-17-9-8-16-35(36)37)40(33-20-18-29-12-4-6-14-31(29)26-33)34-21-19-30-13-5-7-15-32(30)27-34;1-2-12-27(13-3-1)26-39-37-25-24-36(32-20-8-9-21-33(32)37)38(34-22-10-16-28-14-4-6-18-30(28)34)35-23-11-17-29-15-5-7-19-31(29)35;1-3-12-25(13-4-1)24-34-31-22-23-33(30-20-10-9-19-29(30)31)35(27-16-5-2-6-17-27)32-21-11-15-26-14-7-8-18-28(26)32;1-17(24)21-16-22(26-14-6-7-15-26)19-10-4-5-11-20(19)23(21)25-13-12-18-8-2-3-9-18/h4-9,12-23,26-28H,1-3,10-11,24-25H2;4-11,14-25,27,38H,1-3,12-13,26H2;7-11,14-15,18-23,25,27H,1-6,12-13,16-17,24H2;4-5,10-11,16,18H,2-3,6-9,12-15H2,1H3/q+1;;2*+1. The SMILES string of the molecule is CC(=O)c1cc([S+]2CCCC2)c2ccccc2c1OCCC1CCCC1.c1ccc2c(C(c3cccc4ccccc34)c3ccc(OCC4CCCCC4)c4ccccc34)cccc2c1.c1ccc2c([S+](c3ccc(OCC4CCCCC4)c4ccccc34)C3CCCCC3)cccc2c1.c1ccc2cc([S+](c3ccc4ccccc4c3)c3ccc(OCCC4CCCCC4)c4ccccc34)ccc2c1. The Labute approximate surface area is 838 Å². The van der Waals surface area contributed by atoms with E-state index in [9.17, 15) is 4.79 Å². The second-order valence-electron chi connectivity index (χ2n) is 40.4. The lowest BCUT2D eigenvalue weighted by Gasteiger charge is -2.25. The van der Waals surface area contributed by atoms with Crippen LogP contribution in [0, 0.1) is 23.7 Å². The fraction of sp³-hybridized carbons (Fsp3) is 0.311. The van der Waals surface area contributed by atoms with Crippen molar-refractivity contribution in [2.45, 2.75) is 227 Å². The van der Waals surface area contributed by atoms with Gasteiger partial charge in [0, 0.05) is 78.1 Å². The highest BCUT2D eigenvalue weighted by atomic mass is 32.2. The monoisotopic (exact) mass is 1900 g/mol. The summed E-state index contributed by atoms with van der Waals surface area (Å²) < 4.78 is 25.8. The van der Waals surface area contributed by atoms with E-state index < -0.39 is 0 Å². The zero-order valence-electron chi connectivity index (χ0n) is 81.8. The summed E-state index contributed by atoms with van der Waals surface area (Å²) in [5.41, 5.74) is 4.78. The van der Waals surface area contributed by atoms with E-state index >= 15 is 0 Å². The number of hydrogen-bond acceptors (Lipinski definition) is 5. The normalized spacial score (nSPS) is 16.2. The van der Waals surface area contributed by atoms with E-state index in [-0.39, 0.29) is 44.4 Å². The minimum absolute atomic E-state index is 0.0411. The number of benzene rings is 18. The van der Waals surface area contributed by atoms with E-state index in [0.717, 1.165) is 91.0 Å². The van der Waals surface area contributed by atoms with E-state index in [1.54, 1.807) is 6.92 Å². The first-order valence-electron chi connectivity index (χ1n) is 53.0. The smallest absolute Gasteiger partial charge is 0.174 e. The molecule has 18 aromatic rings. The molecule has 1 unspecified atom stereocenters. The fourth-order valence-electron chi connectivity index (χ4n) is 23.8. The molecule has 18 aromatic carbocycles. The maximum Gasteiger partial charge on any atom is 0.174 e. The highest BCUT2D eigenvalue weighted by Gasteiger charge is 2.41. The summed E-state index contributed by atoms with van der Waals surface area (Å²) in [4.78, 5) is 20.9. The second-order valence-corrected chi connectivity index (χ2v) is 46.9. The summed E-state index contributed by atoms with van der Waals surface area (Å²) in [6.45, 7) is 4.88. The van der Waals surface area contributed by atoms with Crippen molar-refractivity contribution in [2.75, 3.05) is 37.9 Å². The summed E-state index contributed by atoms with van der Waals surface area (Å²) in [6, 6.07) is 129. The van der Waals surface area contributed by atoms with Gasteiger partial charge in [0.05, 0.1) is 53.8 Å². The molecule has 5 aliphatic carbocycles. The number of Topliss-reactive ketones (excluding diaryl/α,β-unsaturated/α-hetero) is 1. The van der Waals surface area contributed by atoms with Gasteiger partial charge in [-0.2, -0.15) is 0 Å². The van der Waals surface area contributed by atoms with Crippen molar-refractivity contribution in [2.24, 2.45) is 23.7 Å². The number of fused-ring (bicyclic) bond motifs is 9. The van der Waals surface area contributed by atoms with Crippen LogP contribution >= 0.6 is 0 Å². The summed E-state index contributed by atoms with van der Waals surface area (Å²) >= 11 is 0. The predicted octanol–water partition coefficient (Wildman–Crippen LogP) is 36.0. The third kappa shape index (κ3) is 21.7. The molecule has 1 atom stereocenters. The lowest BCUT2D eigenvalue weighted by atomic mass is 9.79. The van der Waals surface area contributed by atoms with Gasteiger partial charge in [0.1, 0.15) is 39.8 Å². The Morgan fingerprint density at radius 3 is 1.17 bits per heavy atom. The maximum absolute atomic E-state index is 12.4. The van der Waals surface area contributed by atoms with Crippen molar-refractivity contribution in [3.63, 3.8) is 0 Å². The van der Waals surface area contributed by atoms with Gasteiger partial charge in [-0.1, -0.05) is 351 Å². The number of ether oxygens (including phenoxy) is 4. The maximum atomic E-state index is 12.4. The molecule has 6 aliphatic rings. The molecule has 140 heavy (non-hydrogen) atoms. The summed E-state index contributed by atoms with van der Waals surface area (Å²) in [7, 11) is 0.0507. The number of hydrogen-bond donors (Lipinski definition) is 0. The van der Waals surface area contributed by atoms with Crippen molar-refractivity contribution in [1.29, 1.82) is 0 Å². The highest BCUT2D eigenvalue weighted by molar-refractivity contribution is 7.98. The first-order valence-corrected chi connectivity index (χ1v) is 57.1. The van der Waals surface area contributed by atoms with Crippen molar-refractivity contribution in [1.82, 2.24) is 0 Å². The minimum atomic E-state index is -0.275. The molecule has 5 nitrogen and oxygen atoms in total. The molecule has 5 saturated carbocycles. The average Bonchev–Trinajstić information content (AvgIpc) is 0.797. The Morgan fingerprint density at radius 2 is 0.650 bits per heavy atom. The van der Waals surface area contributed by atoms with Crippen molar-refractivity contribution >= 4 is 135 Å². The van der Waals surface area contributed by atoms with Gasteiger partial charge in [-0.3, -0.25) is 4.79 Å². The summed E-state index contributed by atoms with van der Waals surface area (Å²) in [5, 5.41) is 23.8. The third-order valence-electron chi connectivity index (χ3n) is 31.3. The molecule has 24 rings (SSSR count). The van der Waals surface area contributed by atoms with Crippen molar-refractivity contribution in [3.05, 3.63) is 374 Å². The summed E-state index contributed by atoms with van der Waals surface area (Å²) in [5.74, 6) is 9.67. The minimum Gasteiger partial charge on any atom is -0.493 e. The first kappa shape index (κ1) is 94.5. The molecule has 708 valence electrons. The average molecular weight is 1900 g/mol.